The molecule has 30 heavy (non-hydrogen) atoms. The Bertz CT molecular complexity index is 858. The topological polar surface area (TPSA) is 76.2 Å². The van der Waals surface area contributed by atoms with Crippen molar-refractivity contribution in [2.75, 3.05) is 32.8 Å². The van der Waals surface area contributed by atoms with Crippen LogP contribution in [0.25, 0.3) is 0 Å². The van der Waals surface area contributed by atoms with Crippen molar-refractivity contribution in [3.63, 3.8) is 0 Å². The Morgan fingerprint density at radius 1 is 1.07 bits per heavy atom. The van der Waals surface area contributed by atoms with Crippen molar-refractivity contribution in [1.29, 1.82) is 0 Å². The number of ether oxygens (including phenoxy) is 2. The fourth-order valence-corrected chi connectivity index (χ4v) is 6.72. The minimum absolute atomic E-state index is 0.127. The van der Waals surface area contributed by atoms with Gasteiger partial charge in [0.1, 0.15) is 0 Å². The van der Waals surface area contributed by atoms with E-state index < -0.39 is 16.3 Å². The van der Waals surface area contributed by atoms with Gasteiger partial charge in [-0.05, 0) is 55.7 Å². The number of piperidine rings is 2. The van der Waals surface area contributed by atoms with Crippen LogP contribution in [0.4, 0.5) is 0 Å². The first-order valence-electron chi connectivity index (χ1n) is 11.0. The van der Waals surface area contributed by atoms with Crippen LogP contribution in [0.3, 0.4) is 0 Å². The number of benzene rings is 1. The van der Waals surface area contributed by atoms with E-state index in [4.69, 9.17) is 9.47 Å². The van der Waals surface area contributed by atoms with Crippen LogP contribution in [0.15, 0.2) is 29.2 Å². The van der Waals surface area contributed by atoms with E-state index in [0.717, 1.165) is 25.7 Å². The van der Waals surface area contributed by atoms with Gasteiger partial charge in [0, 0.05) is 25.2 Å². The van der Waals surface area contributed by atoms with E-state index in [-0.39, 0.29) is 16.8 Å². The fourth-order valence-electron chi connectivity index (χ4n) is 5.00. The first-order valence-corrected chi connectivity index (χ1v) is 12.4. The number of amides is 1. The maximum Gasteiger partial charge on any atom is 0.254 e. The summed E-state index contributed by atoms with van der Waals surface area (Å²) < 4.78 is 39.4. The number of carbonyl (C=O) groups excluding carboxylic acids is 1. The van der Waals surface area contributed by atoms with Crippen LogP contribution in [0, 0.1) is 11.8 Å². The molecule has 0 saturated carbocycles. The highest BCUT2D eigenvalue weighted by Gasteiger charge is 2.37. The highest BCUT2D eigenvalue weighted by Crippen LogP contribution is 2.29. The molecule has 1 amide bonds. The molecule has 3 heterocycles. The lowest BCUT2D eigenvalue weighted by Crippen LogP contribution is -2.50. The molecular weight excluding hydrogens is 404 g/mol. The smallest absolute Gasteiger partial charge is 0.254 e. The van der Waals surface area contributed by atoms with Crippen molar-refractivity contribution in [2.45, 2.75) is 56.8 Å². The summed E-state index contributed by atoms with van der Waals surface area (Å²) in [6.07, 6.45) is 3.43. The zero-order valence-electron chi connectivity index (χ0n) is 17.8. The van der Waals surface area contributed by atoms with E-state index in [1.807, 2.05) is 0 Å². The van der Waals surface area contributed by atoms with E-state index in [9.17, 15) is 13.2 Å². The minimum atomic E-state index is -3.63. The standard InChI is InChI=1S/C22H32N2O5S/c1-16-12-17(2)15-23(14-16)30(26,27)19-7-5-6-18(13-19)21(25)24-9-4-3-8-20(24)22-28-10-11-29-22/h5-7,13,16-17,20,22H,3-4,8-12,14-15H2,1-2H3. The predicted molar refractivity (Wildman–Crippen MR) is 113 cm³/mol. The Labute approximate surface area is 179 Å². The van der Waals surface area contributed by atoms with Crippen molar-refractivity contribution in [3.05, 3.63) is 29.8 Å². The third kappa shape index (κ3) is 4.42. The maximum atomic E-state index is 13.3. The van der Waals surface area contributed by atoms with Crippen molar-refractivity contribution < 1.29 is 22.7 Å². The van der Waals surface area contributed by atoms with Gasteiger partial charge < -0.3 is 14.4 Å². The number of sulfonamides is 1. The number of hydrogen-bond acceptors (Lipinski definition) is 5. The van der Waals surface area contributed by atoms with Crippen LogP contribution < -0.4 is 0 Å². The van der Waals surface area contributed by atoms with Crippen LogP contribution in [0.1, 0.15) is 49.9 Å². The van der Waals surface area contributed by atoms with Crippen molar-refractivity contribution in [1.82, 2.24) is 9.21 Å². The second-order valence-corrected chi connectivity index (χ2v) is 10.9. The largest absolute Gasteiger partial charge is 0.348 e. The number of nitrogens with zero attached hydrogens (tertiary/aromatic N) is 2. The normalized spacial score (nSPS) is 29.3. The molecule has 3 aliphatic heterocycles. The first-order chi connectivity index (χ1) is 14.4. The van der Waals surface area contributed by atoms with Gasteiger partial charge in [0.2, 0.25) is 10.0 Å². The lowest BCUT2D eigenvalue weighted by molar-refractivity contribution is -0.100. The Hall–Kier alpha value is -1.48. The number of carbonyl (C=O) groups is 1. The highest BCUT2D eigenvalue weighted by atomic mass is 32.2. The second-order valence-electron chi connectivity index (χ2n) is 8.97. The summed E-state index contributed by atoms with van der Waals surface area (Å²) >= 11 is 0. The Morgan fingerprint density at radius 2 is 1.77 bits per heavy atom. The zero-order chi connectivity index (χ0) is 21.3. The summed E-state index contributed by atoms with van der Waals surface area (Å²) in [6.45, 7) is 6.94. The van der Waals surface area contributed by atoms with Gasteiger partial charge in [-0.1, -0.05) is 19.9 Å². The van der Waals surface area contributed by atoms with Gasteiger partial charge in [0.05, 0.1) is 24.2 Å². The molecule has 166 valence electrons. The molecule has 0 aliphatic carbocycles. The van der Waals surface area contributed by atoms with E-state index >= 15 is 0 Å². The van der Waals surface area contributed by atoms with Crippen molar-refractivity contribution in [2.24, 2.45) is 11.8 Å². The second kappa shape index (κ2) is 8.94. The summed E-state index contributed by atoms with van der Waals surface area (Å²) in [6, 6.07) is 6.36. The first kappa shape index (κ1) is 21.7. The van der Waals surface area contributed by atoms with Crippen LogP contribution in [-0.2, 0) is 19.5 Å². The third-order valence-electron chi connectivity index (χ3n) is 6.33. The summed E-state index contributed by atoms with van der Waals surface area (Å²) in [5.41, 5.74) is 0.402. The van der Waals surface area contributed by atoms with Crippen LogP contribution >= 0.6 is 0 Å². The average molecular weight is 437 g/mol. The minimum Gasteiger partial charge on any atom is -0.348 e. The molecule has 0 aromatic heterocycles. The van der Waals surface area contributed by atoms with Gasteiger partial charge in [-0.15, -0.1) is 0 Å². The Balaban J connectivity index is 1.57. The monoisotopic (exact) mass is 436 g/mol. The molecule has 0 spiro atoms. The summed E-state index contributed by atoms with van der Waals surface area (Å²) in [4.78, 5) is 15.3. The summed E-state index contributed by atoms with van der Waals surface area (Å²) in [7, 11) is -3.63. The third-order valence-corrected chi connectivity index (χ3v) is 8.15. The molecule has 3 unspecified atom stereocenters. The SMILES string of the molecule is CC1CC(C)CN(S(=O)(=O)c2cccc(C(=O)N3CCCCC3C3OCCO3)c2)C1. The summed E-state index contributed by atoms with van der Waals surface area (Å²) in [5.74, 6) is 0.499. The van der Waals surface area contributed by atoms with Crippen LogP contribution in [0.5, 0.6) is 0 Å². The quantitative estimate of drug-likeness (QED) is 0.725. The molecule has 0 N–H and O–H groups in total. The van der Waals surface area contributed by atoms with Gasteiger partial charge >= 0.3 is 0 Å². The highest BCUT2D eigenvalue weighted by molar-refractivity contribution is 7.89. The van der Waals surface area contributed by atoms with Crippen molar-refractivity contribution >= 4 is 15.9 Å². The average Bonchev–Trinajstić information content (AvgIpc) is 3.27. The predicted octanol–water partition coefficient (Wildman–Crippen LogP) is 2.72. The van der Waals surface area contributed by atoms with Crippen LogP contribution in [0.2, 0.25) is 0 Å². The lowest BCUT2D eigenvalue weighted by Gasteiger charge is -2.38. The maximum absolute atomic E-state index is 13.3. The molecule has 3 fully saturated rings. The van der Waals surface area contributed by atoms with Gasteiger partial charge in [-0.3, -0.25) is 4.79 Å². The van der Waals surface area contributed by atoms with E-state index in [0.29, 0.717) is 50.2 Å². The van der Waals surface area contributed by atoms with Gasteiger partial charge in [-0.2, -0.15) is 4.31 Å². The number of hydrogen-bond donors (Lipinski definition) is 0. The van der Waals surface area contributed by atoms with Gasteiger partial charge in [0.25, 0.3) is 5.91 Å². The Morgan fingerprint density at radius 3 is 2.47 bits per heavy atom. The molecule has 0 bridgehead atoms. The van der Waals surface area contributed by atoms with Crippen LogP contribution in [-0.4, -0.2) is 68.7 Å². The number of likely N-dealkylation sites (tertiary alicyclic amines) is 1. The zero-order valence-corrected chi connectivity index (χ0v) is 18.6. The number of rotatable bonds is 4. The molecule has 3 atom stereocenters. The molecule has 4 rings (SSSR count). The lowest BCUT2D eigenvalue weighted by atomic mass is 9.94. The van der Waals surface area contributed by atoms with Crippen molar-refractivity contribution in [3.8, 4) is 0 Å². The van der Waals surface area contributed by atoms with Gasteiger partial charge in [0.15, 0.2) is 6.29 Å². The molecule has 1 aromatic carbocycles. The summed E-state index contributed by atoms with van der Waals surface area (Å²) in [5, 5.41) is 0. The van der Waals surface area contributed by atoms with Gasteiger partial charge in [-0.25, -0.2) is 8.42 Å². The molecule has 3 saturated heterocycles. The molecular formula is C22H32N2O5S. The molecule has 3 aliphatic rings. The molecule has 1 aromatic rings. The Kier molecular flexibility index (Phi) is 6.48. The fraction of sp³-hybridized carbons (Fsp3) is 0.682. The van der Waals surface area contributed by atoms with E-state index in [1.54, 1.807) is 27.4 Å². The molecule has 7 nitrogen and oxygen atoms in total. The molecule has 8 heteroatoms. The molecule has 0 radical (unpaired) electrons. The van der Waals surface area contributed by atoms with E-state index in [1.165, 1.54) is 6.07 Å². The van der Waals surface area contributed by atoms with E-state index in [2.05, 4.69) is 13.8 Å².